The Balaban J connectivity index is 2.44. The van der Waals surface area contributed by atoms with Gasteiger partial charge in [0.1, 0.15) is 5.75 Å². The van der Waals surface area contributed by atoms with Crippen molar-refractivity contribution < 1.29 is 9.53 Å². The van der Waals surface area contributed by atoms with Crippen LogP contribution in [0.1, 0.15) is 19.4 Å². The van der Waals surface area contributed by atoms with Crippen molar-refractivity contribution in [2.75, 3.05) is 7.11 Å². The molecule has 0 unspecified atom stereocenters. The molecule has 0 heterocycles. The molecule has 1 rings (SSSR count). The van der Waals surface area contributed by atoms with Crippen LogP contribution in [0.4, 0.5) is 4.79 Å². The predicted molar refractivity (Wildman–Crippen MR) is 67.8 cm³/mol. The Labute approximate surface area is 102 Å². The van der Waals surface area contributed by atoms with Crippen molar-refractivity contribution in [3.63, 3.8) is 0 Å². The number of rotatable bonds is 4. The van der Waals surface area contributed by atoms with Crippen LogP contribution in [-0.4, -0.2) is 13.1 Å². The first-order valence-corrected chi connectivity index (χ1v) is 5.42. The third-order valence-corrected chi connectivity index (χ3v) is 2.08. The van der Waals surface area contributed by atoms with Gasteiger partial charge in [0, 0.05) is 12.7 Å². The van der Waals surface area contributed by atoms with E-state index in [9.17, 15) is 4.79 Å². The summed E-state index contributed by atoms with van der Waals surface area (Å²) in [5.74, 6) is 0.786. The molecule has 1 aromatic carbocycles. The topological polar surface area (TPSA) is 50.4 Å². The number of hydrogen-bond acceptors (Lipinski definition) is 2. The standard InChI is InChI=1S/C13H18N2O2/c1-10(2)8-14-13(16)15-9-11-5-4-6-12(7-11)17-3/h4-8H,9H2,1-3H3,(H2,14,15,16). The number of methoxy groups -OCH3 is 1. The molecule has 0 saturated heterocycles. The quantitative estimate of drug-likeness (QED) is 0.840. The zero-order chi connectivity index (χ0) is 12.7. The van der Waals surface area contributed by atoms with Crippen molar-refractivity contribution in [2.45, 2.75) is 20.4 Å². The predicted octanol–water partition coefficient (Wildman–Crippen LogP) is 2.42. The maximum absolute atomic E-state index is 11.4. The molecule has 17 heavy (non-hydrogen) atoms. The fourth-order valence-electron chi connectivity index (χ4n) is 1.23. The smallest absolute Gasteiger partial charge is 0.319 e. The van der Waals surface area contributed by atoms with Crippen molar-refractivity contribution in [2.24, 2.45) is 0 Å². The largest absolute Gasteiger partial charge is 0.497 e. The number of urea groups is 1. The van der Waals surface area contributed by atoms with Gasteiger partial charge >= 0.3 is 6.03 Å². The van der Waals surface area contributed by atoms with E-state index in [1.54, 1.807) is 13.3 Å². The number of ether oxygens (including phenoxy) is 1. The lowest BCUT2D eigenvalue weighted by Gasteiger charge is -2.06. The fourth-order valence-corrected chi connectivity index (χ4v) is 1.23. The number of carbonyl (C=O) groups excluding carboxylic acids is 1. The summed E-state index contributed by atoms with van der Waals surface area (Å²) in [5.41, 5.74) is 2.04. The lowest BCUT2D eigenvalue weighted by atomic mass is 10.2. The highest BCUT2D eigenvalue weighted by atomic mass is 16.5. The number of hydrogen-bond donors (Lipinski definition) is 2. The van der Waals surface area contributed by atoms with Gasteiger partial charge in [0.05, 0.1) is 7.11 Å². The number of allylic oxidation sites excluding steroid dienone is 1. The van der Waals surface area contributed by atoms with Crippen LogP contribution in [0.2, 0.25) is 0 Å². The van der Waals surface area contributed by atoms with Crippen LogP contribution in [0.3, 0.4) is 0 Å². The zero-order valence-corrected chi connectivity index (χ0v) is 10.4. The monoisotopic (exact) mass is 234 g/mol. The Kier molecular flexibility index (Phi) is 5.07. The molecular weight excluding hydrogens is 216 g/mol. The van der Waals surface area contributed by atoms with E-state index >= 15 is 0 Å². The average Bonchev–Trinajstić information content (AvgIpc) is 2.34. The van der Waals surface area contributed by atoms with Crippen LogP contribution in [0.25, 0.3) is 0 Å². The molecule has 4 nitrogen and oxygen atoms in total. The van der Waals surface area contributed by atoms with Gasteiger partial charge in [0.15, 0.2) is 0 Å². The second-order valence-corrected chi connectivity index (χ2v) is 3.90. The summed E-state index contributed by atoms with van der Waals surface area (Å²) in [4.78, 5) is 11.4. The highest BCUT2D eigenvalue weighted by molar-refractivity contribution is 5.74. The van der Waals surface area contributed by atoms with Crippen LogP contribution in [0.5, 0.6) is 5.75 Å². The van der Waals surface area contributed by atoms with Crippen LogP contribution in [-0.2, 0) is 6.54 Å². The summed E-state index contributed by atoms with van der Waals surface area (Å²) in [7, 11) is 1.62. The minimum Gasteiger partial charge on any atom is -0.497 e. The maximum atomic E-state index is 11.4. The summed E-state index contributed by atoms with van der Waals surface area (Å²) in [6, 6.07) is 7.37. The normalized spacial score (nSPS) is 9.35. The van der Waals surface area contributed by atoms with E-state index in [0.29, 0.717) is 6.54 Å². The second-order valence-electron chi connectivity index (χ2n) is 3.90. The average molecular weight is 234 g/mol. The molecule has 92 valence electrons. The van der Waals surface area contributed by atoms with E-state index in [-0.39, 0.29) is 6.03 Å². The molecule has 0 saturated carbocycles. The van der Waals surface area contributed by atoms with Gasteiger partial charge in [-0.15, -0.1) is 0 Å². The van der Waals surface area contributed by atoms with Gasteiger partial charge in [-0.2, -0.15) is 0 Å². The summed E-state index contributed by atoms with van der Waals surface area (Å²) in [6.45, 7) is 4.31. The summed E-state index contributed by atoms with van der Waals surface area (Å²) in [6.07, 6.45) is 1.67. The molecule has 0 aromatic heterocycles. The third kappa shape index (κ3) is 5.06. The highest BCUT2D eigenvalue weighted by Gasteiger charge is 1.99. The van der Waals surface area contributed by atoms with Gasteiger partial charge in [0.2, 0.25) is 0 Å². The van der Waals surface area contributed by atoms with Crippen molar-refractivity contribution in [1.29, 1.82) is 0 Å². The summed E-state index contributed by atoms with van der Waals surface area (Å²) < 4.78 is 5.10. The molecule has 4 heteroatoms. The highest BCUT2D eigenvalue weighted by Crippen LogP contribution is 2.11. The van der Waals surface area contributed by atoms with Crippen LogP contribution in [0, 0.1) is 0 Å². The van der Waals surface area contributed by atoms with Crippen molar-refractivity contribution in [3.8, 4) is 5.75 Å². The van der Waals surface area contributed by atoms with E-state index in [4.69, 9.17) is 4.74 Å². The molecule has 0 radical (unpaired) electrons. The van der Waals surface area contributed by atoms with E-state index < -0.39 is 0 Å². The Morgan fingerprint density at radius 1 is 1.41 bits per heavy atom. The van der Waals surface area contributed by atoms with Gasteiger partial charge in [-0.25, -0.2) is 4.79 Å². The Bertz CT molecular complexity index is 410. The van der Waals surface area contributed by atoms with E-state index in [1.807, 2.05) is 38.1 Å². The minimum absolute atomic E-state index is 0.214. The van der Waals surface area contributed by atoms with Gasteiger partial charge in [-0.1, -0.05) is 17.7 Å². The SMILES string of the molecule is COc1cccc(CNC(=O)NC=C(C)C)c1. The van der Waals surface area contributed by atoms with Gasteiger partial charge in [-0.3, -0.25) is 0 Å². The number of carbonyl (C=O) groups is 1. The number of nitrogens with one attached hydrogen (secondary N) is 2. The zero-order valence-electron chi connectivity index (χ0n) is 10.4. The van der Waals surface area contributed by atoms with Crippen molar-refractivity contribution >= 4 is 6.03 Å². The van der Waals surface area contributed by atoms with Crippen LogP contribution in [0.15, 0.2) is 36.0 Å². The van der Waals surface area contributed by atoms with E-state index in [2.05, 4.69) is 10.6 Å². The fraction of sp³-hybridized carbons (Fsp3) is 0.308. The molecule has 0 spiro atoms. The lowest BCUT2D eigenvalue weighted by molar-refractivity contribution is 0.243. The summed E-state index contributed by atoms with van der Waals surface area (Å²) in [5, 5.41) is 5.39. The van der Waals surface area contributed by atoms with Crippen molar-refractivity contribution in [1.82, 2.24) is 10.6 Å². The number of amides is 2. The molecule has 2 N–H and O–H groups in total. The van der Waals surface area contributed by atoms with Crippen LogP contribution < -0.4 is 15.4 Å². The number of benzene rings is 1. The molecule has 0 fully saturated rings. The molecule has 2 amide bonds. The van der Waals surface area contributed by atoms with Gasteiger partial charge in [0.25, 0.3) is 0 Å². The molecule has 0 atom stereocenters. The molecule has 0 aliphatic carbocycles. The van der Waals surface area contributed by atoms with E-state index in [1.165, 1.54) is 0 Å². The third-order valence-electron chi connectivity index (χ3n) is 2.08. The first-order chi connectivity index (χ1) is 8.11. The molecule has 0 bridgehead atoms. The van der Waals surface area contributed by atoms with Gasteiger partial charge in [-0.05, 0) is 31.5 Å². The minimum atomic E-state index is -0.214. The van der Waals surface area contributed by atoms with Crippen LogP contribution >= 0.6 is 0 Å². The Morgan fingerprint density at radius 3 is 2.82 bits per heavy atom. The molecular formula is C13H18N2O2. The lowest BCUT2D eigenvalue weighted by Crippen LogP contribution is -2.31. The summed E-state index contributed by atoms with van der Waals surface area (Å²) >= 11 is 0. The molecule has 0 aliphatic heterocycles. The first kappa shape index (κ1) is 13.1. The Morgan fingerprint density at radius 2 is 2.18 bits per heavy atom. The molecule has 1 aromatic rings. The van der Waals surface area contributed by atoms with Crippen molar-refractivity contribution in [3.05, 3.63) is 41.6 Å². The van der Waals surface area contributed by atoms with E-state index in [0.717, 1.165) is 16.9 Å². The molecule has 0 aliphatic rings. The Hall–Kier alpha value is -1.97. The van der Waals surface area contributed by atoms with Gasteiger partial charge < -0.3 is 15.4 Å². The maximum Gasteiger partial charge on any atom is 0.319 e. The first-order valence-electron chi connectivity index (χ1n) is 5.42. The second kappa shape index (κ2) is 6.58.